The van der Waals surface area contributed by atoms with E-state index >= 15 is 0 Å². The Bertz CT molecular complexity index is 629. The van der Waals surface area contributed by atoms with Gasteiger partial charge in [-0.05, 0) is 30.3 Å². The molecule has 1 amide bonds. The minimum atomic E-state index is -0.0422. The lowest BCUT2D eigenvalue weighted by Gasteiger charge is -2.09. The van der Waals surface area contributed by atoms with Crippen molar-refractivity contribution >= 4 is 34.7 Å². The molecule has 1 heterocycles. The largest absolute Gasteiger partial charge is 0.495 e. The van der Waals surface area contributed by atoms with E-state index in [2.05, 4.69) is 15.6 Å². The number of benzene rings is 1. The summed E-state index contributed by atoms with van der Waals surface area (Å²) in [5.41, 5.74) is 1.47. The summed E-state index contributed by atoms with van der Waals surface area (Å²) in [7, 11) is 1.57. The Hall–Kier alpha value is -2.27. The van der Waals surface area contributed by atoms with E-state index in [0.29, 0.717) is 28.7 Å². The van der Waals surface area contributed by atoms with E-state index in [9.17, 15) is 4.79 Å². The van der Waals surface area contributed by atoms with Gasteiger partial charge in [-0.25, -0.2) is 4.98 Å². The summed E-state index contributed by atoms with van der Waals surface area (Å²) in [5.74, 6) is 1.23. The molecule has 1 aromatic heterocycles. The first-order valence-electron chi connectivity index (χ1n) is 6.49. The second kappa shape index (κ2) is 6.95. The van der Waals surface area contributed by atoms with E-state index in [1.165, 1.54) is 0 Å². The molecule has 6 heteroatoms. The molecule has 0 radical (unpaired) electrons. The monoisotopic (exact) mass is 305 g/mol. The van der Waals surface area contributed by atoms with Crippen molar-refractivity contribution in [1.82, 2.24) is 4.98 Å². The summed E-state index contributed by atoms with van der Waals surface area (Å²) in [6.45, 7) is 1.80. The summed E-state index contributed by atoms with van der Waals surface area (Å²) in [4.78, 5) is 15.5. The predicted molar refractivity (Wildman–Crippen MR) is 84.4 cm³/mol. The van der Waals surface area contributed by atoms with Gasteiger partial charge in [0.25, 0.3) is 0 Å². The highest BCUT2D eigenvalue weighted by Gasteiger charge is 2.03. The van der Waals surface area contributed by atoms with Gasteiger partial charge in [-0.3, -0.25) is 4.79 Å². The molecule has 110 valence electrons. The van der Waals surface area contributed by atoms with Crippen LogP contribution in [0.15, 0.2) is 36.5 Å². The summed E-state index contributed by atoms with van der Waals surface area (Å²) in [5, 5.41) is 6.39. The number of aromatic nitrogens is 1. The first kappa shape index (κ1) is 15.1. The maximum Gasteiger partial charge on any atom is 0.224 e. The molecule has 2 N–H and O–H groups in total. The van der Waals surface area contributed by atoms with Crippen molar-refractivity contribution in [2.24, 2.45) is 0 Å². The number of pyridine rings is 1. The van der Waals surface area contributed by atoms with Crippen LogP contribution >= 0.6 is 11.6 Å². The number of hydrogen-bond acceptors (Lipinski definition) is 4. The van der Waals surface area contributed by atoms with E-state index in [4.69, 9.17) is 16.3 Å². The Morgan fingerprint density at radius 2 is 2.05 bits per heavy atom. The number of carbonyl (C=O) groups excluding carboxylic acids is 1. The first-order valence-corrected chi connectivity index (χ1v) is 6.86. The highest BCUT2D eigenvalue weighted by molar-refractivity contribution is 6.32. The van der Waals surface area contributed by atoms with Crippen molar-refractivity contribution in [2.45, 2.75) is 13.3 Å². The zero-order valence-electron chi connectivity index (χ0n) is 11.8. The van der Waals surface area contributed by atoms with Crippen LogP contribution in [0.5, 0.6) is 5.75 Å². The van der Waals surface area contributed by atoms with Crippen molar-refractivity contribution < 1.29 is 9.53 Å². The van der Waals surface area contributed by atoms with Crippen LogP contribution in [0.25, 0.3) is 0 Å². The number of nitrogens with one attached hydrogen (secondary N) is 2. The molecule has 0 fully saturated rings. The molecule has 0 atom stereocenters. The Labute approximate surface area is 128 Å². The third kappa shape index (κ3) is 4.10. The number of nitrogens with zero attached hydrogens (tertiary/aromatic N) is 1. The molecule has 0 aliphatic carbocycles. The van der Waals surface area contributed by atoms with Gasteiger partial charge in [0.15, 0.2) is 0 Å². The normalized spacial score (nSPS) is 10.0. The van der Waals surface area contributed by atoms with Crippen molar-refractivity contribution in [3.05, 3.63) is 41.6 Å². The molecule has 0 saturated heterocycles. The van der Waals surface area contributed by atoms with Crippen LogP contribution < -0.4 is 15.4 Å². The third-order valence-corrected chi connectivity index (χ3v) is 3.09. The van der Waals surface area contributed by atoms with Gasteiger partial charge in [0.05, 0.1) is 24.0 Å². The Morgan fingerprint density at radius 1 is 1.29 bits per heavy atom. The minimum absolute atomic E-state index is 0.0422. The van der Waals surface area contributed by atoms with Crippen molar-refractivity contribution in [2.75, 3.05) is 17.7 Å². The van der Waals surface area contributed by atoms with Gasteiger partial charge in [-0.2, -0.15) is 0 Å². The third-order valence-electron chi connectivity index (χ3n) is 2.79. The number of hydrogen-bond donors (Lipinski definition) is 2. The van der Waals surface area contributed by atoms with Crippen LogP contribution in [-0.2, 0) is 4.79 Å². The Balaban J connectivity index is 2.06. The zero-order chi connectivity index (χ0) is 15.2. The van der Waals surface area contributed by atoms with Gasteiger partial charge in [0.1, 0.15) is 11.6 Å². The Morgan fingerprint density at radius 3 is 2.62 bits per heavy atom. The molecule has 1 aromatic carbocycles. The molecule has 21 heavy (non-hydrogen) atoms. The molecule has 0 saturated carbocycles. The molecule has 0 bridgehead atoms. The van der Waals surface area contributed by atoms with Crippen LogP contribution in [0, 0.1) is 0 Å². The summed E-state index contributed by atoms with van der Waals surface area (Å²) < 4.78 is 5.10. The summed E-state index contributed by atoms with van der Waals surface area (Å²) in [6.07, 6.45) is 2.03. The lowest BCUT2D eigenvalue weighted by molar-refractivity contribution is -0.115. The fourth-order valence-corrected chi connectivity index (χ4v) is 1.94. The Kier molecular flexibility index (Phi) is 5.00. The highest BCUT2D eigenvalue weighted by Crippen LogP contribution is 2.28. The standard InChI is InChI=1S/C15H16ClN3O2/c1-3-15(20)19-11-5-7-14(17-9-11)18-10-4-6-13(21-2)12(16)8-10/h4-9H,3H2,1-2H3,(H,17,18)(H,19,20). The number of rotatable bonds is 5. The van der Waals surface area contributed by atoms with E-state index in [-0.39, 0.29) is 5.91 Å². The number of anilines is 3. The lowest BCUT2D eigenvalue weighted by Crippen LogP contribution is -2.09. The first-order chi connectivity index (χ1) is 10.1. The topological polar surface area (TPSA) is 63.2 Å². The molecule has 2 aromatic rings. The fraction of sp³-hybridized carbons (Fsp3) is 0.200. The van der Waals surface area contributed by atoms with Gasteiger partial charge in [-0.15, -0.1) is 0 Å². The van der Waals surface area contributed by atoms with Gasteiger partial charge in [0, 0.05) is 12.1 Å². The van der Waals surface area contributed by atoms with E-state index in [0.717, 1.165) is 5.69 Å². The van der Waals surface area contributed by atoms with Gasteiger partial charge in [0.2, 0.25) is 5.91 Å². The SMILES string of the molecule is CCC(=O)Nc1ccc(Nc2ccc(OC)c(Cl)c2)nc1. The van der Waals surface area contributed by atoms with Crippen molar-refractivity contribution in [1.29, 1.82) is 0 Å². The minimum Gasteiger partial charge on any atom is -0.495 e. The average Bonchev–Trinajstić information content (AvgIpc) is 2.49. The average molecular weight is 306 g/mol. The summed E-state index contributed by atoms with van der Waals surface area (Å²) in [6, 6.07) is 8.95. The molecule has 5 nitrogen and oxygen atoms in total. The zero-order valence-corrected chi connectivity index (χ0v) is 12.6. The predicted octanol–water partition coefficient (Wildman–Crippen LogP) is 3.84. The fourth-order valence-electron chi connectivity index (χ4n) is 1.68. The molecular weight excluding hydrogens is 290 g/mol. The number of carbonyl (C=O) groups is 1. The lowest BCUT2D eigenvalue weighted by atomic mass is 10.3. The second-order valence-electron chi connectivity index (χ2n) is 4.31. The quantitative estimate of drug-likeness (QED) is 0.881. The second-order valence-corrected chi connectivity index (χ2v) is 4.72. The summed E-state index contributed by atoms with van der Waals surface area (Å²) >= 11 is 6.06. The van der Waals surface area contributed by atoms with Crippen molar-refractivity contribution in [3.63, 3.8) is 0 Å². The number of ether oxygens (including phenoxy) is 1. The molecule has 2 rings (SSSR count). The van der Waals surface area contributed by atoms with E-state index in [1.54, 1.807) is 44.5 Å². The van der Waals surface area contributed by atoms with E-state index in [1.807, 2.05) is 6.07 Å². The molecule has 0 unspecified atom stereocenters. The number of methoxy groups -OCH3 is 1. The highest BCUT2D eigenvalue weighted by atomic mass is 35.5. The maximum absolute atomic E-state index is 11.3. The van der Waals surface area contributed by atoms with Gasteiger partial charge >= 0.3 is 0 Å². The number of halogens is 1. The molecule has 0 spiro atoms. The molecule has 0 aliphatic rings. The number of amides is 1. The van der Waals surface area contributed by atoms with Crippen molar-refractivity contribution in [3.8, 4) is 5.75 Å². The maximum atomic E-state index is 11.3. The van der Waals surface area contributed by atoms with Gasteiger partial charge < -0.3 is 15.4 Å². The van der Waals surface area contributed by atoms with E-state index < -0.39 is 0 Å². The van der Waals surface area contributed by atoms with Crippen LogP contribution in [0.4, 0.5) is 17.2 Å². The van der Waals surface area contributed by atoms with Gasteiger partial charge in [-0.1, -0.05) is 18.5 Å². The van der Waals surface area contributed by atoms with Crippen LogP contribution in [-0.4, -0.2) is 18.0 Å². The van der Waals surface area contributed by atoms with Crippen LogP contribution in [0.2, 0.25) is 5.02 Å². The molecule has 0 aliphatic heterocycles. The smallest absolute Gasteiger partial charge is 0.224 e. The van der Waals surface area contributed by atoms with Crippen LogP contribution in [0.1, 0.15) is 13.3 Å². The molecular formula is C15H16ClN3O2. The van der Waals surface area contributed by atoms with Crippen LogP contribution in [0.3, 0.4) is 0 Å².